The molecule has 1 aliphatic heterocycles. The van der Waals surface area contributed by atoms with Gasteiger partial charge in [0, 0.05) is 6.42 Å². The minimum absolute atomic E-state index is 0.0659. The maximum absolute atomic E-state index is 5.83. The van der Waals surface area contributed by atoms with Crippen LogP contribution in [-0.4, -0.2) is 12.9 Å². The van der Waals surface area contributed by atoms with Crippen LogP contribution in [0.4, 0.5) is 0 Å². The van der Waals surface area contributed by atoms with Crippen LogP contribution in [-0.2, 0) is 11.2 Å². The fourth-order valence-electron chi connectivity index (χ4n) is 2.03. The highest BCUT2D eigenvalue weighted by Gasteiger charge is 2.15. The van der Waals surface area contributed by atoms with Gasteiger partial charge in [-0.3, -0.25) is 0 Å². The first-order valence-electron chi connectivity index (χ1n) is 6.25. The Kier molecular flexibility index (Phi) is 4.21. The summed E-state index contributed by atoms with van der Waals surface area (Å²) < 4.78 is 11.4. The minimum Gasteiger partial charge on any atom is -0.465 e. The van der Waals surface area contributed by atoms with E-state index in [0.29, 0.717) is 0 Å². The number of rotatable bonds is 4. The zero-order valence-electron chi connectivity index (χ0n) is 10.4. The smallest absolute Gasteiger partial charge is 0.199 e. The lowest BCUT2D eigenvalue weighted by atomic mass is 10.1. The summed E-state index contributed by atoms with van der Waals surface area (Å²) in [6, 6.07) is 8.19. The molecule has 1 atom stereocenters. The molecule has 1 fully saturated rings. The van der Waals surface area contributed by atoms with Crippen LogP contribution >= 0.6 is 0 Å². The van der Waals surface area contributed by atoms with Crippen LogP contribution in [0.3, 0.4) is 0 Å². The molecule has 0 bridgehead atoms. The van der Waals surface area contributed by atoms with Crippen molar-refractivity contribution < 1.29 is 9.47 Å². The van der Waals surface area contributed by atoms with Crippen LogP contribution in [0.1, 0.15) is 31.7 Å². The van der Waals surface area contributed by atoms with Gasteiger partial charge < -0.3 is 9.47 Å². The van der Waals surface area contributed by atoms with E-state index in [9.17, 15) is 0 Å². The summed E-state index contributed by atoms with van der Waals surface area (Å²) in [6.45, 7) is 6.79. The zero-order valence-corrected chi connectivity index (χ0v) is 10.4. The highest BCUT2D eigenvalue weighted by molar-refractivity contribution is 5.30. The molecule has 1 aromatic rings. The van der Waals surface area contributed by atoms with Gasteiger partial charge in [-0.2, -0.15) is 0 Å². The van der Waals surface area contributed by atoms with Crippen molar-refractivity contribution in [1.82, 2.24) is 0 Å². The molecule has 0 aliphatic carbocycles. The van der Waals surface area contributed by atoms with E-state index in [1.54, 1.807) is 0 Å². The quantitative estimate of drug-likeness (QED) is 0.737. The van der Waals surface area contributed by atoms with Crippen molar-refractivity contribution in [3.05, 3.63) is 42.0 Å². The number of hydrogen-bond donors (Lipinski definition) is 0. The molecule has 1 aromatic carbocycles. The maximum atomic E-state index is 5.83. The Morgan fingerprint density at radius 1 is 1.47 bits per heavy atom. The Morgan fingerprint density at radius 3 is 3.06 bits per heavy atom. The standard InChI is InChI=1S/C15H20O2/c1-12(2)10-13-6-5-7-14(11-13)17-15-8-3-4-9-16-15/h5-7,11,15H,1,3-4,8-10H2,2H3. The summed E-state index contributed by atoms with van der Waals surface area (Å²) in [6.07, 6.45) is 4.17. The maximum Gasteiger partial charge on any atom is 0.199 e. The molecule has 17 heavy (non-hydrogen) atoms. The summed E-state index contributed by atoms with van der Waals surface area (Å²) in [4.78, 5) is 0. The molecule has 0 amide bonds. The molecule has 1 saturated heterocycles. The van der Waals surface area contributed by atoms with Crippen LogP contribution in [0.15, 0.2) is 36.4 Å². The Labute approximate surface area is 103 Å². The van der Waals surface area contributed by atoms with Gasteiger partial charge in [0.25, 0.3) is 0 Å². The van der Waals surface area contributed by atoms with Crippen molar-refractivity contribution in [2.45, 2.75) is 38.9 Å². The van der Waals surface area contributed by atoms with Gasteiger partial charge in [0.1, 0.15) is 5.75 Å². The van der Waals surface area contributed by atoms with Gasteiger partial charge in [0.15, 0.2) is 6.29 Å². The molecule has 0 aromatic heterocycles. The minimum atomic E-state index is -0.0659. The average Bonchev–Trinajstić information content (AvgIpc) is 2.30. The summed E-state index contributed by atoms with van der Waals surface area (Å²) >= 11 is 0. The van der Waals surface area contributed by atoms with Crippen LogP contribution in [0, 0.1) is 0 Å². The summed E-state index contributed by atoms with van der Waals surface area (Å²) in [5.41, 5.74) is 2.40. The van der Waals surface area contributed by atoms with Crippen molar-refractivity contribution in [3.8, 4) is 5.75 Å². The van der Waals surface area contributed by atoms with Crippen molar-refractivity contribution >= 4 is 0 Å². The molecule has 1 aliphatic rings. The number of hydrogen-bond acceptors (Lipinski definition) is 2. The van der Waals surface area contributed by atoms with Gasteiger partial charge in [0.05, 0.1) is 6.61 Å². The SMILES string of the molecule is C=C(C)Cc1cccc(OC2CCCCO2)c1. The first kappa shape index (κ1) is 12.2. The Hall–Kier alpha value is -1.28. The second-order valence-electron chi connectivity index (χ2n) is 4.70. The van der Waals surface area contributed by atoms with E-state index < -0.39 is 0 Å². The first-order chi connectivity index (χ1) is 8.24. The lowest BCUT2D eigenvalue weighted by Gasteiger charge is -2.23. The lowest BCUT2D eigenvalue weighted by molar-refractivity contribution is -0.105. The third-order valence-electron chi connectivity index (χ3n) is 2.81. The Morgan fingerprint density at radius 2 is 2.35 bits per heavy atom. The summed E-state index contributed by atoms with van der Waals surface area (Å²) in [7, 11) is 0. The van der Waals surface area contributed by atoms with Crippen molar-refractivity contribution in [2.75, 3.05) is 6.61 Å². The normalized spacial score (nSPS) is 19.9. The third kappa shape index (κ3) is 3.90. The molecule has 0 radical (unpaired) electrons. The second kappa shape index (κ2) is 5.87. The van der Waals surface area contributed by atoms with Gasteiger partial charge in [-0.25, -0.2) is 0 Å². The van der Waals surface area contributed by atoms with Gasteiger partial charge in [0.2, 0.25) is 0 Å². The molecule has 2 rings (SSSR count). The molecule has 0 saturated carbocycles. The van der Waals surface area contributed by atoms with E-state index in [1.165, 1.54) is 12.0 Å². The van der Waals surface area contributed by atoms with E-state index in [1.807, 2.05) is 19.1 Å². The first-order valence-corrected chi connectivity index (χ1v) is 6.25. The van der Waals surface area contributed by atoms with Gasteiger partial charge in [-0.15, -0.1) is 0 Å². The van der Waals surface area contributed by atoms with Crippen LogP contribution < -0.4 is 4.74 Å². The number of benzene rings is 1. The van der Waals surface area contributed by atoms with Crippen molar-refractivity contribution in [1.29, 1.82) is 0 Å². The van der Waals surface area contributed by atoms with Crippen LogP contribution in [0.5, 0.6) is 5.75 Å². The van der Waals surface area contributed by atoms with E-state index in [4.69, 9.17) is 9.47 Å². The Bertz CT molecular complexity index is 378. The molecule has 0 N–H and O–H groups in total. The van der Waals surface area contributed by atoms with E-state index >= 15 is 0 Å². The molecule has 2 heteroatoms. The largest absolute Gasteiger partial charge is 0.465 e. The van der Waals surface area contributed by atoms with Crippen LogP contribution in [0.2, 0.25) is 0 Å². The highest BCUT2D eigenvalue weighted by atomic mass is 16.7. The summed E-state index contributed by atoms with van der Waals surface area (Å²) in [5.74, 6) is 0.899. The zero-order chi connectivity index (χ0) is 12.1. The van der Waals surface area contributed by atoms with Crippen LogP contribution in [0.25, 0.3) is 0 Å². The van der Waals surface area contributed by atoms with Gasteiger partial charge in [-0.05, 0) is 43.9 Å². The second-order valence-corrected chi connectivity index (χ2v) is 4.70. The highest BCUT2D eigenvalue weighted by Crippen LogP contribution is 2.21. The topological polar surface area (TPSA) is 18.5 Å². The molecule has 2 nitrogen and oxygen atoms in total. The molecule has 1 heterocycles. The molecule has 0 spiro atoms. The Balaban J connectivity index is 1.97. The van der Waals surface area contributed by atoms with Gasteiger partial charge >= 0.3 is 0 Å². The predicted octanol–water partition coefficient (Wildman–Crippen LogP) is 3.71. The predicted molar refractivity (Wildman–Crippen MR) is 69.2 cm³/mol. The van der Waals surface area contributed by atoms with E-state index in [0.717, 1.165) is 37.2 Å². The van der Waals surface area contributed by atoms with Crippen molar-refractivity contribution in [2.24, 2.45) is 0 Å². The number of ether oxygens (including phenoxy) is 2. The molecular formula is C15H20O2. The number of allylic oxidation sites excluding steroid dienone is 1. The third-order valence-corrected chi connectivity index (χ3v) is 2.81. The van der Waals surface area contributed by atoms with E-state index in [2.05, 4.69) is 18.7 Å². The fraction of sp³-hybridized carbons (Fsp3) is 0.467. The summed E-state index contributed by atoms with van der Waals surface area (Å²) in [5, 5.41) is 0. The van der Waals surface area contributed by atoms with Gasteiger partial charge in [-0.1, -0.05) is 24.3 Å². The van der Waals surface area contributed by atoms with Crippen molar-refractivity contribution in [3.63, 3.8) is 0 Å². The fourth-order valence-corrected chi connectivity index (χ4v) is 2.03. The van der Waals surface area contributed by atoms with E-state index in [-0.39, 0.29) is 6.29 Å². The molecule has 1 unspecified atom stereocenters. The molecule has 92 valence electrons. The lowest BCUT2D eigenvalue weighted by Crippen LogP contribution is -2.24. The molecular weight excluding hydrogens is 212 g/mol. The average molecular weight is 232 g/mol. The monoisotopic (exact) mass is 232 g/mol.